The lowest BCUT2D eigenvalue weighted by molar-refractivity contribution is 0.348. The third kappa shape index (κ3) is 3.19. The number of fused-ring (bicyclic) bond motifs is 1. The molecule has 1 aliphatic rings. The smallest absolute Gasteiger partial charge is 0.128 e. The average Bonchev–Trinajstić information content (AvgIpc) is 3.02. The first-order valence-corrected chi connectivity index (χ1v) is 9.25. The molecule has 0 unspecified atom stereocenters. The molecule has 1 aliphatic heterocycles. The minimum Gasteiger partial charge on any atom is -0.362 e. The van der Waals surface area contributed by atoms with Gasteiger partial charge < -0.3 is 9.47 Å². The quantitative estimate of drug-likeness (QED) is 0.614. The maximum atomic E-state index is 14.1. The monoisotopic (exact) mass is 352 g/mol. The van der Waals surface area contributed by atoms with E-state index in [1.54, 1.807) is 6.07 Å². The first kappa shape index (κ1) is 16.3. The van der Waals surface area contributed by atoms with E-state index in [0.29, 0.717) is 12.1 Å². The largest absolute Gasteiger partial charge is 0.362 e. The predicted octanol–water partition coefficient (Wildman–Crippen LogP) is 4.99. The van der Waals surface area contributed by atoms with Crippen molar-refractivity contribution in [3.05, 3.63) is 71.7 Å². The molecule has 0 aliphatic carbocycles. The Morgan fingerprint density at radius 2 is 1.68 bits per heavy atom. The summed E-state index contributed by atoms with van der Waals surface area (Å²) in [6.45, 7) is 2.58. The molecule has 0 saturated carbocycles. The van der Waals surface area contributed by atoms with Gasteiger partial charge in [0.25, 0.3) is 0 Å². The van der Waals surface area contributed by atoms with Gasteiger partial charge in [-0.2, -0.15) is 0 Å². The molecule has 0 spiro atoms. The summed E-state index contributed by atoms with van der Waals surface area (Å²) in [7, 11) is 0. The van der Waals surface area contributed by atoms with Crippen LogP contribution in [0.2, 0.25) is 0 Å². The molecule has 2 aromatic carbocycles. The topological polar surface area (TPSA) is 8.17 Å². The van der Waals surface area contributed by atoms with E-state index in [2.05, 4.69) is 27.8 Å². The van der Waals surface area contributed by atoms with Gasteiger partial charge in [-0.1, -0.05) is 48.6 Å². The van der Waals surface area contributed by atoms with Crippen LogP contribution in [0.3, 0.4) is 0 Å². The second-order valence-electron chi connectivity index (χ2n) is 6.63. The van der Waals surface area contributed by atoms with Gasteiger partial charge in [0.2, 0.25) is 0 Å². The van der Waals surface area contributed by atoms with Gasteiger partial charge in [-0.25, -0.2) is 4.39 Å². The van der Waals surface area contributed by atoms with Gasteiger partial charge in [0, 0.05) is 41.3 Å². The second kappa shape index (κ2) is 6.96. The highest BCUT2D eigenvalue weighted by Gasteiger charge is 2.19. The van der Waals surface area contributed by atoms with Crippen LogP contribution in [0.4, 0.5) is 4.39 Å². The third-order valence-electron chi connectivity index (χ3n) is 4.96. The van der Waals surface area contributed by atoms with Crippen LogP contribution in [0.5, 0.6) is 0 Å². The Morgan fingerprint density at radius 3 is 2.48 bits per heavy atom. The Balaban J connectivity index is 1.73. The molecule has 128 valence electrons. The molecule has 25 heavy (non-hydrogen) atoms. The van der Waals surface area contributed by atoms with E-state index in [1.807, 2.05) is 24.3 Å². The Morgan fingerprint density at radius 1 is 0.960 bits per heavy atom. The molecule has 1 aromatic heterocycles. The van der Waals surface area contributed by atoms with Crippen LogP contribution in [0.15, 0.2) is 54.7 Å². The average molecular weight is 352 g/mol. The number of nitrogens with zero attached hydrogens (tertiary/aromatic N) is 2. The summed E-state index contributed by atoms with van der Waals surface area (Å²) in [5, 5.41) is 1.15. The summed E-state index contributed by atoms with van der Waals surface area (Å²) in [5.74, 6) is -0.166. The van der Waals surface area contributed by atoms with Crippen molar-refractivity contribution in [3.8, 4) is 0 Å². The van der Waals surface area contributed by atoms with Gasteiger partial charge in [0.05, 0.1) is 6.54 Å². The summed E-state index contributed by atoms with van der Waals surface area (Å²) < 4.78 is 16.2. The van der Waals surface area contributed by atoms with Crippen LogP contribution < -0.4 is 0 Å². The Bertz CT molecular complexity index is 909. The highest BCUT2D eigenvalue weighted by atomic mass is 32.1. The van der Waals surface area contributed by atoms with Crippen molar-refractivity contribution in [2.45, 2.75) is 25.8 Å². The molecule has 4 heteroatoms. The van der Waals surface area contributed by atoms with Crippen LogP contribution in [0, 0.1) is 5.82 Å². The van der Waals surface area contributed by atoms with Crippen molar-refractivity contribution in [2.75, 3.05) is 13.1 Å². The van der Waals surface area contributed by atoms with Crippen LogP contribution in [-0.4, -0.2) is 27.5 Å². The van der Waals surface area contributed by atoms with Crippen molar-refractivity contribution in [1.82, 2.24) is 9.47 Å². The van der Waals surface area contributed by atoms with Crippen molar-refractivity contribution in [2.24, 2.45) is 0 Å². The van der Waals surface area contributed by atoms with Crippen LogP contribution in [0.1, 0.15) is 30.4 Å². The van der Waals surface area contributed by atoms with E-state index >= 15 is 0 Å². The van der Waals surface area contributed by atoms with Gasteiger partial charge in [0.15, 0.2) is 0 Å². The van der Waals surface area contributed by atoms with E-state index in [9.17, 15) is 4.39 Å². The Hall–Kier alpha value is -2.20. The maximum absolute atomic E-state index is 14.1. The lowest BCUT2D eigenvalue weighted by Crippen LogP contribution is -2.34. The first-order chi connectivity index (χ1) is 12.2. The summed E-state index contributed by atoms with van der Waals surface area (Å²) in [5.41, 5.74) is 2.88. The molecule has 0 amide bonds. The highest BCUT2D eigenvalue weighted by Crippen LogP contribution is 2.26. The lowest BCUT2D eigenvalue weighted by atomic mass is 10.1. The fourth-order valence-corrected chi connectivity index (χ4v) is 3.97. The van der Waals surface area contributed by atoms with E-state index in [1.165, 1.54) is 25.3 Å². The zero-order chi connectivity index (χ0) is 17.2. The third-order valence-corrected chi connectivity index (χ3v) is 5.44. The summed E-state index contributed by atoms with van der Waals surface area (Å²) in [6.07, 6.45) is 5.78. The van der Waals surface area contributed by atoms with Crippen LogP contribution in [0.25, 0.3) is 10.9 Å². The number of likely N-dealkylation sites (tertiary alicyclic amines) is 1. The molecule has 0 atom stereocenters. The number of hydrogen-bond acceptors (Lipinski definition) is 1. The second-order valence-corrected chi connectivity index (χ2v) is 7.02. The fourth-order valence-electron chi connectivity index (χ4n) is 3.63. The molecule has 3 aromatic rings. The molecule has 0 bridgehead atoms. The molecule has 0 radical (unpaired) electrons. The van der Waals surface area contributed by atoms with Crippen LogP contribution >= 0.6 is 12.2 Å². The van der Waals surface area contributed by atoms with Gasteiger partial charge in [-0.05, 0) is 31.4 Å². The maximum Gasteiger partial charge on any atom is 0.128 e. The minimum absolute atomic E-state index is 0.166. The number of para-hydroxylation sites is 1. The van der Waals surface area contributed by atoms with Gasteiger partial charge in [-0.3, -0.25) is 0 Å². The van der Waals surface area contributed by atoms with Crippen molar-refractivity contribution < 1.29 is 4.39 Å². The molecular formula is C21H21FN2S. The number of aromatic nitrogens is 1. The molecule has 2 heterocycles. The molecule has 1 saturated heterocycles. The van der Waals surface area contributed by atoms with Gasteiger partial charge >= 0.3 is 0 Å². The number of thiocarbonyl (C=S) groups is 1. The molecule has 1 fully saturated rings. The number of hydrogen-bond donors (Lipinski definition) is 0. The number of halogens is 1. The summed E-state index contributed by atoms with van der Waals surface area (Å²) in [4.78, 5) is 3.23. The molecular weight excluding hydrogens is 331 g/mol. The highest BCUT2D eigenvalue weighted by molar-refractivity contribution is 7.80. The first-order valence-electron chi connectivity index (χ1n) is 8.84. The van der Waals surface area contributed by atoms with Crippen LogP contribution in [-0.2, 0) is 6.54 Å². The van der Waals surface area contributed by atoms with E-state index in [4.69, 9.17) is 12.2 Å². The molecule has 4 rings (SSSR count). The number of piperidine rings is 1. The Kier molecular flexibility index (Phi) is 4.53. The minimum atomic E-state index is -0.166. The standard InChI is InChI=1S/C21H21FN2S/c22-19-10-4-2-8-16(19)14-24-15-18(17-9-3-5-11-20(17)24)21(25)23-12-6-1-7-13-23/h2-5,8-11,15H,1,6-7,12-14H2. The number of benzene rings is 2. The fraction of sp³-hybridized carbons (Fsp3) is 0.286. The zero-order valence-corrected chi connectivity index (χ0v) is 14.9. The lowest BCUT2D eigenvalue weighted by Gasteiger charge is -2.28. The van der Waals surface area contributed by atoms with Crippen molar-refractivity contribution >= 4 is 28.1 Å². The molecule has 0 N–H and O–H groups in total. The predicted molar refractivity (Wildman–Crippen MR) is 105 cm³/mol. The normalized spacial score (nSPS) is 14.8. The zero-order valence-electron chi connectivity index (χ0n) is 14.1. The van der Waals surface area contributed by atoms with Crippen molar-refractivity contribution in [3.63, 3.8) is 0 Å². The SMILES string of the molecule is Fc1ccccc1Cn1cc(C(=S)N2CCCCC2)c2ccccc21. The molecule has 2 nitrogen and oxygen atoms in total. The summed E-state index contributed by atoms with van der Waals surface area (Å²) in [6, 6.07) is 15.2. The summed E-state index contributed by atoms with van der Waals surface area (Å²) >= 11 is 5.81. The van der Waals surface area contributed by atoms with Gasteiger partial charge in [0.1, 0.15) is 10.8 Å². The van der Waals surface area contributed by atoms with E-state index in [0.717, 1.165) is 34.5 Å². The van der Waals surface area contributed by atoms with Gasteiger partial charge in [-0.15, -0.1) is 0 Å². The number of rotatable bonds is 3. The van der Waals surface area contributed by atoms with E-state index in [-0.39, 0.29) is 5.82 Å². The Labute approximate surface area is 152 Å². The van der Waals surface area contributed by atoms with Crippen molar-refractivity contribution in [1.29, 1.82) is 0 Å². The van der Waals surface area contributed by atoms with E-state index < -0.39 is 0 Å².